The summed E-state index contributed by atoms with van der Waals surface area (Å²) in [4.78, 5) is 26.8. The van der Waals surface area contributed by atoms with Crippen LogP contribution in [-0.2, 0) is 4.79 Å². The van der Waals surface area contributed by atoms with Crippen molar-refractivity contribution in [1.29, 1.82) is 0 Å². The standard InChI is InChI=1S/C14H16N4O2/c15-9-4-1-3-8-7-11(17-12(8)9)14(20)18-10-5-2-6-16-13(10)19/h1,3-4,7,10,17H,2,5-6,15H2,(H,16,19)(H,18,20). The van der Waals surface area contributed by atoms with Gasteiger partial charge in [-0.25, -0.2) is 0 Å². The van der Waals surface area contributed by atoms with E-state index < -0.39 is 6.04 Å². The fourth-order valence-electron chi connectivity index (χ4n) is 2.45. The number of H-pyrrole nitrogens is 1. The van der Waals surface area contributed by atoms with Crippen molar-refractivity contribution in [3.63, 3.8) is 0 Å². The maximum absolute atomic E-state index is 12.2. The molecule has 1 saturated heterocycles. The molecule has 20 heavy (non-hydrogen) atoms. The molecule has 0 radical (unpaired) electrons. The molecule has 1 unspecified atom stereocenters. The summed E-state index contributed by atoms with van der Waals surface area (Å²) in [6.45, 7) is 0.675. The minimum Gasteiger partial charge on any atom is -0.397 e. The largest absolute Gasteiger partial charge is 0.397 e. The minimum absolute atomic E-state index is 0.125. The third-order valence-corrected chi connectivity index (χ3v) is 3.52. The Kier molecular flexibility index (Phi) is 3.06. The number of para-hydroxylation sites is 1. The highest BCUT2D eigenvalue weighted by Gasteiger charge is 2.24. The molecule has 2 heterocycles. The Balaban J connectivity index is 1.82. The molecule has 1 aliphatic heterocycles. The first-order valence-corrected chi connectivity index (χ1v) is 6.61. The lowest BCUT2D eigenvalue weighted by atomic mass is 10.1. The van der Waals surface area contributed by atoms with Crippen molar-refractivity contribution in [2.24, 2.45) is 0 Å². The van der Waals surface area contributed by atoms with Gasteiger partial charge in [0.05, 0.1) is 11.2 Å². The van der Waals surface area contributed by atoms with Crippen LogP contribution in [0.15, 0.2) is 24.3 Å². The maximum Gasteiger partial charge on any atom is 0.268 e. The molecule has 6 nitrogen and oxygen atoms in total. The summed E-state index contributed by atoms with van der Waals surface area (Å²) in [6.07, 6.45) is 1.54. The fraction of sp³-hybridized carbons (Fsp3) is 0.286. The number of nitrogens with one attached hydrogen (secondary N) is 3. The van der Waals surface area contributed by atoms with E-state index in [1.54, 1.807) is 12.1 Å². The van der Waals surface area contributed by atoms with Crippen LogP contribution in [0.25, 0.3) is 10.9 Å². The monoisotopic (exact) mass is 272 g/mol. The summed E-state index contributed by atoms with van der Waals surface area (Å²) < 4.78 is 0. The predicted octanol–water partition coefficient (Wildman–Crippen LogP) is 0.758. The van der Waals surface area contributed by atoms with Gasteiger partial charge in [0.2, 0.25) is 5.91 Å². The Bertz CT molecular complexity index is 677. The molecule has 1 aliphatic rings. The van der Waals surface area contributed by atoms with Crippen LogP contribution in [-0.4, -0.2) is 29.4 Å². The normalized spacial score (nSPS) is 18.8. The summed E-state index contributed by atoms with van der Waals surface area (Å²) in [7, 11) is 0. The van der Waals surface area contributed by atoms with Gasteiger partial charge in [0, 0.05) is 11.9 Å². The number of amides is 2. The number of hydrogen-bond acceptors (Lipinski definition) is 3. The Hall–Kier alpha value is -2.50. The number of benzene rings is 1. The van der Waals surface area contributed by atoms with E-state index in [9.17, 15) is 9.59 Å². The average Bonchev–Trinajstić information content (AvgIpc) is 2.87. The van der Waals surface area contributed by atoms with Gasteiger partial charge in [0.25, 0.3) is 5.91 Å². The Morgan fingerprint density at radius 3 is 3.00 bits per heavy atom. The smallest absolute Gasteiger partial charge is 0.268 e. The molecule has 0 bridgehead atoms. The van der Waals surface area contributed by atoms with E-state index in [0.717, 1.165) is 17.3 Å². The van der Waals surface area contributed by atoms with Crippen LogP contribution in [0.3, 0.4) is 0 Å². The number of rotatable bonds is 2. The summed E-state index contributed by atoms with van der Waals surface area (Å²) in [6, 6.07) is 6.77. The van der Waals surface area contributed by atoms with E-state index in [-0.39, 0.29) is 11.8 Å². The van der Waals surface area contributed by atoms with Crippen molar-refractivity contribution in [2.45, 2.75) is 18.9 Å². The van der Waals surface area contributed by atoms with Crippen LogP contribution in [0.1, 0.15) is 23.3 Å². The van der Waals surface area contributed by atoms with Crippen molar-refractivity contribution < 1.29 is 9.59 Å². The van der Waals surface area contributed by atoms with Crippen LogP contribution in [0.2, 0.25) is 0 Å². The average molecular weight is 272 g/mol. The molecular weight excluding hydrogens is 256 g/mol. The number of nitrogens with two attached hydrogens (primary N) is 1. The number of aromatic nitrogens is 1. The fourth-order valence-corrected chi connectivity index (χ4v) is 2.45. The Morgan fingerprint density at radius 2 is 2.25 bits per heavy atom. The van der Waals surface area contributed by atoms with Crippen LogP contribution >= 0.6 is 0 Å². The maximum atomic E-state index is 12.2. The van der Waals surface area contributed by atoms with Gasteiger partial charge in [-0.15, -0.1) is 0 Å². The first kappa shape index (κ1) is 12.5. The van der Waals surface area contributed by atoms with E-state index in [2.05, 4.69) is 15.6 Å². The highest BCUT2D eigenvalue weighted by molar-refractivity contribution is 6.02. The molecule has 0 saturated carbocycles. The minimum atomic E-state index is -0.458. The molecule has 1 atom stereocenters. The number of piperidine rings is 1. The molecule has 0 spiro atoms. The number of fused-ring (bicyclic) bond motifs is 1. The van der Waals surface area contributed by atoms with Gasteiger partial charge >= 0.3 is 0 Å². The van der Waals surface area contributed by atoms with Crippen molar-refractivity contribution in [1.82, 2.24) is 15.6 Å². The molecule has 2 aromatic rings. The van der Waals surface area contributed by atoms with Gasteiger partial charge in [-0.1, -0.05) is 12.1 Å². The van der Waals surface area contributed by atoms with Gasteiger partial charge in [0.15, 0.2) is 0 Å². The molecule has 1 fully saturated rings. The van der Waals surface area contributed by atoms with Crippen LogP contribution in [0.4, 0.5) is 5.69 Å². The zero-order valence-electron chi connectivity index (χ0n) is 10.9. The molecular formula is C14H16N4O2. The van der Waals surface area contributed by atoms with Gasteiger partial charge < -0.3 is 21.4 Å². The van der Waals surface area contributed by atoms with Gasteiger partial charge in [-0.3, -0.25) is 9.59 Å². The van der Waals surface area contributed by atoms with Gasteiger partial charge in [-0.2, -0.15) is 0 Å². The summed E-state index contributed by atoms with van der Waals surface area (Å²) in [5, 5.41) is 6.36. The first-order chi connectivity index (χ1) is 9.65. The number of aromatic amines is 1. The molecule has 1 aromatic carbocycles. The summed E-state index contributed by atoms with van der Waals surface area (Å²) in [5.41, 5.74) is 7.60. The van der Waals surface area contributed by atoms with Crippen LogP contribution in [0, 0.1) is 0 Å². The first-order valence-electron chi connectivity index (χ1n) is 6.61. The lowest BCUT2D eigenvalue weighted by Gasteiger charge is -2.22. The van der Waals surface area contributed by atoms with Crippen LogP contribution in [0.5, 0.6) is 0 Å². The number of carbonyl (C=O) groups is 2. The lowest BCUT2D eigenvalue weighted by molar-refractivity contribution is -0.124. The van der Waals surface area contributed by atoms with Gasteiger partial charge in [0.1, 0.15) is 11.7 Å². The van der Waals surface area contributed by atoms with Crippen LogP contribution < -0.4 is 16.4 Å². The zero-order chi connectivity index (χ0) is 14.1. The van der Waals surface area contributed by atoms with E-state index in [4.69, 9.17) is 5.73 Å². The summed E-state index contributed by atoms with van der Waals surface area (Å²) >= 11 is 0. The number of nitrogen functional groups attached to an aromatic ring is 1. The van der Waals surface area contributed by atoms with Crippen molar-refractivity contribution in [3.8, 4) is 0 Å². The molecule has 1 aromatic heterocycles. The van der Waals surface area contributed by atoms with E-state index >= 15 is 0 Å². The van der Waals surface area contributed by atoms with Crippen molar-refractivity contribution in [2.75, 3.05) is 12.3 Å². The molecule has 104 valence electrons. The predicted molar refractivity (Wildman–Crippen MR) is 76.2 cm³/mol. The molecule has 5 N–H and O–H groups in total. The Morgan fingerprint density at radius 1 is 1.40 bits per heavy atom. The number of anilines is 1. The highest BCUT2D eigenvalue weighted by Crippen LogP contribution is 2.21. The topological polar surface area (TPSA) is 100 Å². The quantitative estimate of drug-likeness (QED) is 0.607. The Labute approximate surface area is 115 Å². The second-order valence-electron chi connectivity index (χ2n) is 4.95. The van der Waals surface area contributed by atoms with Gasteiger partial charge in [-0.05, 0) is 25.0 Å². The second-order valence-corrected chi connectivity index (χ2v) is 4.95. The van der Waals surface area contributed by atoms with E-state index in [0.29, 0.717) is 24.3 Å². The second kappa shape index (κ2) is 4.88. The lowest BCUT2D eigenvalue weighted by Crippen LogP contribution is -2.50. The molecule has 0 aliphatic carbocycles. The number of hydrogen-bond donors (Lipinski definition) is 4. The third kappa shape index (κ3) is 2.20. The number of carbonyl (C=O) groups excluding carboxylic acids is 2. The molecule has 2 amide bonds. The summed E-state index contributed by atoms with van der Waals surface area (Å²) in [5.74, 6) is -0.414. The molecule has 3 rings (SSSR count). The van der Waals surface area contributed by atoms with Crippen molar-refractivity contribution >= 4 is 28.4 Å². The van der Waals surface area contributed by atoms with E-state index in [1.165, 1.54) is 0 Å². The SMILES string of the molecule is Nc1cccc2cc(C(=O)NC3CCCNC3=O)[nH]c12. The molecule has 6 heteroatoms. The van der Waals surface area contributed by atoms with Crippen molar-refractivity contribution in [3.05, 3.63) is 30.0 Å². The third-order valence-electron chi connectivity index (χ3n) is 3.52. The highest BCUT2D eigenvalue weighted by atomic mass is 16.2. The zero-order valence-corrected chi connectivity index (χ0v) is 10.9. The van der Waals surface area contributed by atoms with E-state index in [1.807, 2.05) is 12.1 Å².